The van der Waals surface area contributed by atoms with Gasteiger partial charge in [0.2, 0.25) is 0 Å². The number of rotatable bonds is 6. The maximum absolute atomic E-state index is 13.2. The molecule has 20 heavy (non-hydrogen) atoms. The summed E-state index contributed by atoms with van der Waals surface area (Å²) in [5.41, 5.74) is 3.33. The minimum absolute atomic E-state index is 0.0984. The predicted octanol–water partition coefficient (Wildman–Crippen LogP) is 3.82. The first kappa shape index (κ1) is 14.7. The second-order valence-electron chi connectivity index (χ2n) is 4.86. The van der Waals surface area contributed by atoms with Crippen molar-refractivity contribution in [2.45, 2.75) is 26.1 Å². The first-order valence-electron chi connectivity index (χ1n) is 6.75. The van der Waals surface area contributed by atoms with Crippen molar-refractivity contribution in [1.82, 2.24) is 5.32 Å². The van der Waals surface area contributed by atoms with Crippen molar-refractivity contribution >= 4 is 0 Å². The Bertz CT molecular complexity index is 556. The summed E-state index contributed by atoms with van der Waals surface area (Å²) in [4.78, 5) is 0. The molecular weight excluding hydrogens is 253 g/mol. The summed E-state index contributed by atoms with van der Waals surface area (Å²) < 4.78 is 18.4. The van der Waals surface area contributed by atoms with Gasteiger partial charge in [0.05, 0.1) is 6.61 Å². The molecule has 0 unspecified atom stereocenters. The lowest BCUT2D eigenvalue weighted by molar-refractivity contribution is 0.184. The van der Waals surface area contributed by atoms with Crippen LogP contribution in [0.4, 0.5) is 4.39 Å². The summed E-state index contributed by atoms with van der Waals surface area (Å²) in [6, 6.07) is 15.0. The summed E-state index contributed by atoms with van der Waals surface area (Å²) >= 11 is 0. The average Bonchev–Trinajstić information content (AvgIpc) is 2.46. The molecular formula is C17H20FNO. The largest absolute Gasteiger partial charge is 0.380 e. The van der Waals surface area contributed by atoms with Crippen molar-refractivity contribution in [2.75, 3.05) is 7.11 Å². The van der Waals surface area contributed by atoms with Gasteiger partial charge in [-0.1, -0.05) is 36.4 Å². The number of halogens is 1. The SMILES string of the molecule is COCc1ccccc1CN[C@H](C)c1cccc(F)c1. The highest BCUT2D eigenvalue weighted by molar-refractivity contribution is 5.27. The molecule has 0 aliphatic heterocycles. The zero-order valence-corrected chi connectivity index (χ0v) is 11.9. The summed E-state index contributed by atoms with van der Waals surface area (Å²) in [7, 11) is 1.69. The first-order chi connectivity index (χ1) is 9.70. The van der Waals surface area contributed by atoms with Crippen molar-refractivity contribution in [3.63, 3.8) is 0 Å². The molecule has 1 atom stereocenters. The third-order valence-electron chi connectivity index (χ3n) is 3.37. The summed E-state index contributed by atoms with van der Waals surface area (Å²) in [6.45, 7) is 3.37. The Morgan fingerprint density at radius 2 is 1.85 bits per heavy atom. The van der Waals surface area contributed by atoms with E-state index in [9.17, 15) is 4.39 Å². The van der Waals surface area contributed by atoms with Gasteiger partial charge in [0.25, 0.3) is 0 Å². The van der Waals surface area contributed by atoms with Crippen LogP contribution in [0.1, 0.15) is 29.7 Å². The highest BCUT2D eigenvalue weighted by Crippen LogP contribution is 2.16. The van der Waals surface area contributed by atoms with E-state index in [1.54, 1.807) is 19.2 Å². The van der Waals surface area contributed by atoms with Crippen LogP contribution in [0.3, 0.4) is 0 Å². The van der Waals surface area contributed by atoms with Crippen molar-refractivity contribution in [2.24, 2.45) is 0 Å². The average molecular weight is 273 g/mol. The van der Waals surface area contributed by atoms with Gasteiger partial charge in [0.1, 0.15) is 5.82 Å². The lowest BCUT2D eigenvalue weighted by Crippen LogP contribution is -2.19. The summed E-state index contributed by atoms with van der Waals surface area (Å²) in [6.07, 6.45) is 0. The van der Waals surface area contributed by atoms with E-state index in [1.807, 2.05) is 25.1 Å². The van der Waals surface area contributed by atoms with Crippen molar-refractivity contribution in [3.8, 4) is 0 Å². The van der Waals surface area contributed by atoms with Crippen LogP contribution in [-0.2, 0) is 17.9 Å². The lowest BCUT2D eigenvalue weighted by Gasteiger charge is -2.16. The van der Waals surface area contributed by atoms with Gasteiger partial charge in [-0.25, -0.2) is 4.39 Å². The van der Waals surface area contributed by atoms with Crippen LogP contribution in [0.5, 0.6) is 0 Å². The molecule has 0 fully saturated rings. The zero-order valence-electron chi connectivity index (χ0n) is 11.9. The van der Waals surface area contributed by atoms with Crippen LogP contribution >= 0.6 is 0 Å². The molecule has 0 aliphatic rings. The molecule has 106 valence electrons. The molecule has 2 rings (SSSR count). The van der Waals surface area contributed by atoms with E-state index < -0.39 is 0 Å². The normalized spacial score (nSPS) is 12.3. The highest BCUT2D eigenvalue weighted by Gasteiger charge is 2.07. The zero-order chi connectivity index (χ0) is 14.4. The Labute approximate surface area is 119 Å². The Balaban J connectivity index is 2.01. The van der Waals surface area contributed by atoms with Gasteiger partial charge in [-0.3, -0.25) is 0 Å². The molecule has 0 aliphatic carbocycles. The maximum Gasteiger partial charge on any atom is 0.123 e. The van der Waals surface area contributed by atoms with Crippen LogP contribution in [0, 0.1) is 5.82 Å². The molecule has 0 aromatic heterocycles. The van der Waals surface area contributed by atoms with Gasteiger partial charge in [0, 0.05) is 19.7 Å². The Hall–Kier alpha value is -1.71. The monoisotopic (exact) mass is 273 g/mol. The Morgan fingerprint density at radius 1 is 1.10 bits per heavy atom. The van der Waals surface area contributed by atoms with Gasteiger partial charge in [-0.2, -0.15) is 0 Å². The van der Waals surface area contributed by atoms with Crippen molar-refractivity contribution in [1.29, 1.82) is 0 Å². The van der Waals surface area contributed by atoms with Crippen LogP contribution in [-0.4, -0.2) is 7.11 Å². The number of benzene rings is 2. The molecule has 0 heterocycles. The third kappa shape index (κ3) is 3.89. The van der Waals surface area contributed by atoms with E-state index in [1.165, 1.54) is 17.2 Å². The smallest absolute Gasteiger partial charge is 0.123 e. The molecule has 2 aromatic carbocycles. The van der Waals surface area contributed by atoms with E-state index in [0.717, 1.165) is 12.1 Å². The molecule has 0 spiro atoms. The molecule has 1 N–H and O–H groups in total. The van der Waals surface area contributed by atoms with Gasteiger partial charge >= 0.3 is 0 Å². The minimum atomic E-state index is -0.198. The summed E-state index contributed by atoms with van der Waals surface area (Å²) in [5, 5.41) is 3.42. The molecule has 0 radical (unpaired) electrons. The van der Waals surface area contributed by atoms with Crippen LogP contribution in [0.2, 0.25) is 0 Å². The first-order valence-corrected chi connectivity index (χ1v) is 6.75. The third-order valence-corrected chi connectivity index (χ3v) is 3.37. The number of methoxy groups -OCH3 is 1. The molecule has 2 aromatic rings. The van der Waals surface area contributed by atoms with E-state index in [2.05, 4.69) is 17.4 Å². The van der Waals surface area contributed by atoms with Crippen molar-refractivity contribution in [3.05, 3.63) is 71.0 Å². The fraction of sp³-hybridized carbons (Fsp3) is 0.294. The Morgan fingerprint density at radius 3 is 2.55 bits per heavy atom. The van der Waals surface area contributed by atoms with Crippen LogP contribution < -0.4 is 5.32 Å². The number of nitrogens with one attached hydrogen (secondary N) is 1. The Kier molecular flexibility index (Phi) is 5.27. The molecule has 0 amide bonds. The lowest BCUT2D eigenvalue weighted by atomic mass is 10.1. The quantitative estimate of drug-likeness (QED) is 0.864. The molecule has 0 bridgehead atoms. The number of hydrogen-bond donors (Lipinski definition) is 1. The van der Waals surface area contributed by atoms with Gasteiger partial charge in [0.15, 0.2) is 0 Å². The second kappa shape index (κ2) is 7.17. The van der Waals surface area contributed by atoms with E-state index in [-0.39, 0.29) is 11.9 Å². The van der Waals surface area contributed by atoms with Gasteiger partial charge < -0.3 is 10.1 Å². The topological polar surface area (TPSA) is 21.3 Å². The van der Waals surface area contributed by atoms with Crippen LogP contribution in [0.15, 0.2) is 48.5 Å². The predicted molar refractivity (Wildman–Crippen MR) is 78.8 cm³/mol. The van der Waals surface area contributed by atoms with E-state index in [0.29, 0.717) is 6.61 Å². The number of hydrogen-bond acceptors (Lipinski definition) is 2. The minimum Gasteiger partial charge on any atom is -0.380 e. The molecule has 2 nitrogen and oxygen atoms in total. The molecule has 3 heteroatoms. The number of ether oxygens (including phenoxy) is 1. The van der Waals surface area contributed by atoms with Crippen LogP contribution in [0.25, 0.3) is 0 Å². The van der Waals surface area contributed by atoms with E-state index in [4.69, 9.17) is 4.74 Å². The molecule has 0 saturated heterocycles. The van der Waals surface area contributed by atoms with Gasteiger partial charge in [-0.15, -0.1) is 0 Å². The standard InChI is InChI=1S/C17H20FNO/c1-13(14-8-5-9-17(18)10-14)19-11-15-6-3-4-7-16(15)12-20-2/h3-10,13,19H,11-12H2,1-2H3/t13-/m1/s1. The highest BCUT2D eigenvalue weighted by atomic mass is 19.1. The fourth-order valence-electron chi connectivity index (χ4n) is 2.18. The summed E-state index contributed by atoms with van der Waals surface area (Å²) in [5.74, 6) is -0.198. The van der Waals surface area contributed by atoms with E-state index >= 15 is 0 Å². The second-order valence-corrected chi connectivity index (χ2v) is 4.86. The molecule has 0 saturated carbocycles. The van der Waals surface area contributed by atoms with Crippen molar-refractivity contribution < 1.29 is 9.13 Å². The van der Waals surface area contributed by atoms with Gasteiger partial charge in [-0.05, 0) is 35.7 Å². The maximum atomic E-state index is 13.2. The fourth-order valence-corrected chi connectivity index (χ4v) is 2.18.